The van der Waals surface area contributed by atoms with Gasteiger partial charge in [0.1, 0.15) is 0 Å². The summed E-state index contributed by atoms with van der Waals surface area (Å²) in [5.41, 5.74) is 1.22. The SMILES string of the molecule is COc1ccc(CCN=C2CCCN2C)cc1OC.O=C(O)C=CC(=O)O. The number of carboxylic acids is 2. The minimum atomic E-state index is -1.26. The van der Waals surface area contributed by atoms with Crippen molar-refractivity contribution >= 4 is 17.8 Å². The summed E-state index contributed by atoms with van der Waals surface area (Å²) in [4.78, 5) is 26.0. The highest BCUT2D eigenvalue weighted by atomic mass is 16.5. The third-order valence-electron chi connectivity index (χ3n) is 3.85. The largest absolute Gasteiger partial charge is 0.493 e. The van der Waals surface area contributed by atoms with Gasteiger partial charge in [-0.1, -0.05) is 6.07 Å². The Labute approximate surface area is 158 Å². The number of aliphatic carboxylic acids is 2. The number of carboxylic acid groups (broad SMARTS) is 2. The Morgan fingerprint density at radius 3 is 2.26 bits per heavy atom. The van der Waals surface area contributed by atoms with Crippen LogP contribution in [0, 0.1) is 0 Å². The second-order valence-corrected chi connectivity index (χ2v) is 5.77. The zero-order valence-electron chi connectivity index (χ0n) is 15.8. The number of amidine groups is 1. The third kappa shape index (κ3) is 8.26. The van der Waals surface area contributed by atoms with Crippen LogP contribution in [0.25, 0.3) is 0 Å². The van der Waals surface area contributed by atoms with Crippen molar-refractivity contribution in [3.63, 3.8) is 0 Å². The lowest BCUT2D eigenvalue weighted by Gasteiger charge is -2.11. The van der Waals surface area contributed by atoms with Crippen molar-refractivity contribution in [3.8, 4) is 11.5 Å². The van der Waals surface area contributed by atoms with Gasteiger partial charge in [0, 0.05) is 38.7 Å². The molecule has 8 nitrogen and oxygen atoms in total. The van der Waals surface area contributed by atoms with E-state index in [4.69, 9.17) is 19.7 Å². The van der Waals surface area contributed by atoms with Gasteiger partial charge in [-0.3, -0.25) is 4.99 Å². The van der Waals surface area contributed by atoms with Crippen molar-refractivity contribution in [1.29, 1.82) is 0 Å². The molecule has 27 heavy (non-hydrogen) atoms. The maximum atomic E-state index is 9.55. The highest BCUT2D eigenvalue weighted by molar-refractivity contribution is 5.89. The molecule has 0 unspecified atom stereocenters. The Morgan fingerprint density at radius 2 is 1.78 bits per heavy atom. The summed E-state index contributed by atoms with van der Waals surface area (Å²) in [7, 11) is 5.43. The molecule has 2 N–H and O–H groups in total. The summed E-state index contributed by atoms with van der Waals surface area (Å²) in [6.45, 7) is 1.96. The predicted octanol–water partition coefficient (Wildman–Crippen LogP) is 2.08. The molecule has 1 aromatic carbocycles. The van der Waals surface area contributed by atoms with E-state index in [-0.39, 0.29) is 0 Å². The number of benzene rings is 1. The molecule has 1 fully saturated rings. The van der Waals surface area contributed by atoms with Gasteiger partial charge >= 0.3 is 11.9 Å². The van der Waals surface area contributed by atoms with E-state index >= 15 is 0 Å². The zero-order valence-corrected chi connectivity index (χ0v) is 15.8. The quantitative estimate of drug-likeness (QED) is 0.699. The van der Waals surface area contributed by atoms with Crippen LogP contribution in [0.2, 0.25) is 0 Å². The van der Waals surface area contributed by atoms with Gasteiger partial charge in [0.15, 0.2) is 11.5 Å². The smallest absolute Gasteiger partial charge is 0.328 e. The van der Waals surface area contributed by atoms with Crippen molar-refractivity contribution in [2.45, 2.75) is 19.3 Å². The molecular formula is C19H26N2O6. The average Bonchev–Trinajstić information content (AvgIpc) is 3.05. The average molecular weight is 378 g/mol. The van der Waals surface area contributed by atoms with E-state index < -0.39 is 11.9 Å². The van der Waals surface area contributed by atoms with Crippen LogP contribution in [0.4, 0.5) is 0 Å². The molecule has 1 saturated heterocycles. The van der Waals surface area contributed by atoms with Crippen molar-refractivity contribution < 1.29 is 29.3 Å². The highest BCUT2D eigenvalue weighted by Crippen LogP contribution is 2.27. The minimum absolute atomic E-state index is 0.558. The van der Waals surface area contributed by atoms with Crippen LogP contribution in [0.5, 0.6) is 11.5 Å². The number of hydrogen-bond acceptors (Lipinski definition) is 5. The monoisotopic (exact) mass is 378 g/mol. The molecule has 0 bridgehead atoms. The fraction of sp³-hybridized carbons (Fsp3) is 0.421. The van der Waals surface area contributed by atoms with Crippen LogP contribution >= 0.6 is 0 Å². The maximum absolute atomic E-state index is 9.55. The molecule has 1 aromatic rings. The second kappa shape index (κ2) is 11.6. The molecule has 148 valence electrons. The zero-order chi connectivity index (χ0) is 20.2. The molecule has 0 saturated carbocycles. The highest BCUT2D eigenvalue weighted by Gasteiger charge is 2.13. The van der Waals surface area contributed by atoms with Crippen molar-refractivity contribution in [2.75, 3.05) is 34.4 Å². The summed E-state index contributed by atoms with van der Waals surface area (Å²) < 4.78 is 10.5. The van der Waals surface area contributed by atoms with E-state index in [0.29, 0.717) is 12.2 Å². The number of methoxy groups -OCH3 is 2. The van der Waals surface area contributed by atoms with Gasteiger partial charge in [0.25, 0.3) is 0 Å². The van der Waals surface area contributed by atoms with Gasteiger partial charge in [-0.25, -0.2) is 9.59 Å². The first-order valence-corrected chi connectivity index (χ1v) is 8.46. The first-order valence-electron chi connectivity index (χ1n) is 8.46. The first kappa shape index (κ1) is 22.0. The van der Waals surface area contributed by atoms with Crippen LogP contribution in [-0.2, 0) is 16.0 Å². The van der Waals surface area contributed by atoms with Crippen LogP contribution in [-0.4, -0.2) is 67.2 Å². The molecular weight excluding hydrogens is 352 g/mol. The summed E-state index contributed by atoms with van der Waals surface area (Å²) in [5.74, 6) is 0.277. The van der Waals surface area contributed by atoms with E-state index in [1.165, 1.54) is 17.8 Å². The molecule has 0 aromatic heterocycles. The number of ether oxygens (including phenoxy) is 2. The number of rotatable bonds is 7. The van der Waals surface area contributed by atoms with Gasteiger partial charge in [0.05, 0.1) is 20.1 Å². The molecule has 1 aliphatic rings. The molecule has 0 aliphatic carbocycles. The molecule has 0 amide bonds. The number of nitrogens with zero attached hydrogens (tertiary/aromatic N) is 2. The van der Waals surface area contributed by atoms with Crippen LogP contribution < -0.4 is 9.47 Å². The van der Waals surface area contributed by atoms with Gasteiger partial charge < -0.3 is 24.6 Å². The van der Waals surface area contributed by atoms with E-state index in [0.717, 1.165) is 37.4 Å². The summed E-state index contributed by atoms with van der Waals surface area (Å²) in [5, 5.41) is 15.6. The normalized spacial score (nSPS) is 14.8. The molecule has 0 radical (unpaired) electrons. The van der Waals surface area contributed by atoms with Gasteiger partial charge in [-0.2, -0.15) is 0 Å². The van der Waals surface area contributed by atoms with Crippen LogP contribution in [0.3, 0.4) is 0 Å². The Balaban J connectivity index is 0.000000387. The number of likely N-dealkylation sites (tertiary alicyclic amines) is 1. The second-order valence-electron chi connectivity index (χ2n) is 5.77. The first-order chi connectivity index (χ1) is 12.9. The molecule has 1 aliphatic heterocycles. The molecule has 8 heteroatoms. The van der Waals surface area contributed by atoms with Crippen LogP contribution in [0.15, 0.2) is 35.3 Å². The predicted molar refractivity (Wildman–Crippen MR) is 102 cm³/mol. The van der Waals surface area contributed by atoms with E-state index in [9.17, 15) is 9.59 Å². The summed E-state index contributed by atoms with van der Waals surface area (Å²) >= 11 is 0. The fourth-order valence-corrected chi connectivity index (χ4v) is 2.49. The number of hydrogen-bond donors (Lipinski definition) is 2. The van der Waals surface area contributed by atoms with Crippen molar-refractivity contribution in [1.82, 2.24) is 4.90 Å². The van der Waals surface area contributed by atoms with Gasteiger partial charge in [-0.05, 0) is 30.5 Å². The lowest BCUT2D eigenvalue weighted by Crippen LogP contribution is -2.19. The Hall–Kier alpha value is -3.03. The summed E-state index contributed by atoms with van der Waals surface area (Å²) in [6, 6.07) is 6.04. The number of aliphatic imine (C=N–C) groups is 1. The topological polar surface area (TPSA) is 109 Å². The third-order valence-corrected chi connectivity index (χ3v) is 3.85. The molecule has 0 spiro atoms. The molecule has 0 atom stereocenters. The molecule has 1 heterocycles. The van der Waals surface area contributed by atoms with Crippen molar-refractivity contribution in [2.24, 2.45) is 4.99 Å². The van der Waals surface area contributed by atoms with Crippen molar-refractivity contribution in [3.05, 3.63) is 35.9 Å². The molecule has 2 rings (SSSR count). The summed E-state index contributed by atoms with van der Waals surface area (Å²) in [6.07, 6.45) is 4.39. The lowest BCUT2D eigenvalue weighted by molar-refractivity contribution is -0.134. The standard InChI is InChI=1S/C15H22N2O2.C4H4O4/c1-17-10-4-5-15(17)16-9-8-12-6-7-13(18-2)14(11-12)19-3;5-3(6)1-2-4(7)8/h6-7,11H,4-5,8-10H2,1-3H3;1-2H,(H,5,6)(H,7,8). The van der Waals surface area contributed by atoms with E-state index in [1.807, 2.05) is 12.1 Å². The fourth-order valence-electron chi connectivity index (χ4n) is 2.49. The van der Waals surface area contributed by atoms with E-state index in [2.05, 4.69) is 23.0 Å². The van der Waals surface area contributed by atoms with E-state index in [1.54, 1.807) is 14.2 Å². The Bertz CT molecular complexity index is 683. The Morgan fingerprint density at radius 1 is 1.15 bits per heavy atom. The number of carbonyl (C=O) groups is 2. The lowest BCUT2D eigenvalue weighted by atomic mass is 10.1. The maximum Gasteiger partial charge on any atom is 0.328 e. The van der Waals surface area contributed by atoms with Gasteiger partial charge in [-0.15, -0.1) is 0 Å². The van der Waals surface area contributed by atoms with Crippen LogP contribution in [0.1, 0.15) is 18.4 Å². The minimum Gasteiger partial charge on any atom is -0.493 e. The Kier molecular flexibility index (Phi) is 9.42. The van der Waals surface area contributed by atoms with Gasteiger partial charge in [0.2, 0.25) is 0 Å².